The zero-order chi connectivity index (χ0) is 13.9. The second-order valence-electron chi connectivity index (χ2n) is 4.64. The average Bonchev–Trinajstić information content (AvgIpc) is 2.38. The molecular formula is C14H22N2O2. The van der Waals surface area contributed by atoms with Crippen LogP contribution in [0.1, 0.15) is 18.1 Å². The molecule has 0 aromatic heterocycles. The molecule has 4 heteroatoms. The molecule has 0 spiro atoms. The van der Waals surface area contributed by atoms with Crippen molar-refractivity contribution in [3.05, 3.63) is 23.3 Å². The van der Waals surface area contributed by atoms with Crippen molar-refractivity contribution in [2.75, 3.05) is 25.6 Å². The first kappa shape index (κ1) is 14.5. The summed E-state index contributed by atoms with van der Waals surface area (Å²) in [7, 11) is 3.36. The van der Waals surface area contributed by atoms with Crippen molar-refractivity contribution in [2.45, 2.75) is 20.8 Å². The fourth-order valence-corrected chi connectivity index (χ4v) is 1.75. The van der Waals surface area contributed by atoms with Crippen LogP contribution in [0.3, 0.4) is 0 Å². The standard InChI is InChI=1S/C14H22N2O2/c1-9-6-12(13(18-5)7-10(9)2)16(4)14(17)11(3)8-15/h6-7,11H,8,15H2,1-5H3. The van der Waals surface area contributed by atoms with Crippen molar-refractivity contribution < 1.29 is 9.53 Å². The molecule has 0 aliphatic rings. The van der Waals surface area contributed by atoms with Gasteiger partial charge in [0.1, 0.15) is 5.75 Å². The largest absolute Gasteiger partial charge is 0.495 e. The van der Waals surface area contributed by atoms with E-state index >= 15 is 0 Å². The van der Waals surface area contributed by atoms with Crippen LogP contribution in [0.5, 0.6) is 5.75 Å². The van der Waals surface area contributed by atoms with E-state index in [1.165, 1.54) is 0 Å². The Morgan fingerprint density at radius 2 is 1.94 bits per heavy atom. The van der Waals surface area contributed by atoms with Gasteiger partial charge in [-0.25, -0.2) is 0 Å². The third-order valence-corrected chi connectivity index (χ3v) is 3.26. The Morgan fingerprint density at radius 3 is 2.44 bits per heavy atom. The number of anilines is 1. The quantitative estimate of drug-likeness (QED) is 0.887. The Labute approximate surface area is 109 Å². The van der Waals surface area contributed by atoms with E-state index in [1.807, 2.05) is 32.9 Å². The van der Waals surface area contributed by atoms with Crippen molar-refractivity contribution in [3.63, 3.8) is 0 Å². The van der Waals surface area contributed by atoms with E-state index < -0.39 is 0 Å². The first-order chi connectivity index (χ1) is 8.42. The molecule has 18 heavy (non-hydrogen) atoms. The number of benzene rings is 1. The fourth-order valence-electron chi connectivity index (χ4n) is 1.75. The topological polar surface area (TPSA) is 55.6 Å². The molecule has 0 saturated carbocycles. The number of ether oxygens (including phenoxy) is 1. The van der Waals surface area contributed by atoms with Gasteiger partial charge in [0.15, 0.2) is 0 Å². The van der Waals surface area contributed by atoms with E-state index in [9.17, 15) is 4.79 Å². The average molecular weight is 250 g/mol. The molecule has 0 heterocycles. The molecule has 1 atom stereocenters. The summed E-state index contributed by atoms with van der Waals surface area (Å²) >= 11 is 0. The molecule has 0 aliphatic heterocycles. The van der Waals surface area contributed by atoms with Gasteiger partial charge in [0, 0.05) is 19.5 Å². The van der Waals surface area contributed by atoms with Gasteiger partial charge >= 0.3 is 0 Å². The third kappa shape index (κ3) is 2.82. The lowest BCUT2D eigenvalue weighted by atomic mass is 10.1. The molecule has 100 valence electrons. The second kappa shape index (κ2) is 5.87. The Hall–Kier alpha value is -1.55. The number of nitrogens with zero attached hydrogens (tertiary/aromatic N) is 1. The predicted octanol–water partition coefficient (Wildman–Crippen LogP) is 1.87. The molecule has 1 unspecified atom stereocenters. The first-order valence-corrected chi connectivity index (χ1v) is 6.05. The van der Waals surface area contributed by atoms with Crippen LogP contribution in [0.25, 0.3) is 0 Å². The van der Waals surface area contributed by atoms with E-state index in [2.05, 4.69) is 0 Å². The van der Waals surface area contributed by atoms with Gasteiger partial charge in [-0.2, -0.15) is 0 Å². The maximum atomic E-state index is 12.1. The summed E-state index contributed by atoms with van der Waals surface area (Å²) < 4.78 is 5.34. The summed E-state index contributed by atoms with van der Waals surface area (Å²) in [5, 5.41) is 0. The van der Waals surface area contributed by atoms with Gasteiger partial charge in [-0.05, 0) is 37.1 Å². The summed E-state index contributed by atoms with van der Waals surface area (Å²) in [5.74, 6) is 0.513. The molecular weight excluding hydrogens is 228 g/mol. The van der Waals surface area contributed by atoms with Gasteiger partial charge in [0.05, 0.1) is 12.8 Å². The van der Waals surface area contributed by atoms with E-state index in [1.54, 1.807) is 19.1 Å². The highest BCUT2D eigenvalue weighted by atomic mass is 16.5. The number of hydrogen-bond donors (Lipinski definition) is 1. The Balaban J connectivity index is 3.15. The summed E-state index contributed by atoms with van der Waals surface area (Å²) in [5.41, 5.74) is 8.59. The SMILES string of the molecule is COc1cc(C)c(C)cc1N(C)C(=O)C(C)CN. The summed E-state index contributed by atoms with van der Waals surface area (Å²) in [6, 6.07) is 3.91. The Bertz CT molecular complexity index is 444. The van der Waals surface area contributed by atoms with E-state index in [0.717, 1.165) is 16.8 Å². The number of amides is 1. The highest BCUT2D eigenvalue weighted by Crippen LogP contribution is 2.31. The van der Waals surface area contributed by atoms with Crippen molar-refractivity contribution in [2.24, 2.45) is 11.7 Å². The normalized spacial score (nSPS) is 12.1. The van der Waals surface area contributed by atoms with Crippen LogP contribution >= 0.6 is 0 Å². The minimum absolute atomic E-state index is 0.000877. The van der Waals surface area contributed by atoms with Crippen LogP contribution in [0.15, 0.2) is 12.1 Å². The summed E-state index contributed by atoms with van der Waals surface area (Å²) in [6.07, 6.45) is 0. The fraction of sp³-hybridized carbons (Fsp3) is 0.500. The molecule has 0 bridgehead atoms. The van der Waals surface area contributed by atoms with Crippen molar-refractivity contribution >= 4 is 11.6 Å². The highest BCUT2D eigenvalue weighted by Gasteiger charge is 2.20. The molecule has 2 N–H and O–H groups in total. The van der Waals surface area contributed by atoms with Crippen LogP contribution < -0.4 is 15.4 Å². The summed E-state index contributed by atoms with van der Waals surface area (Å²) in [4.78, 5) is 13.7. The molecule has 0 saturated heterocycles. The molecule has 1 aromatic rings. The minimum Gasteiger partial charge on any atom is -0.495 e. The van der Waals surface area contributed by atoms with Crippen molar-refractivity contribution in [3.8, 4) is 5.75 Å². The molecule has 0 fully saturated rings. The Kier molecular flexibility index (Phi) is 4.73. The summed E-state index contributed by atoms with van der Waals surface area (Å²) in [6.45, 7) is 6.21. The smallest absolute Gasteiger partial charge is 0.230 e. The molecule has 1 amide bonds. The zero-order valence-corrected chi connectivity index (χ0v) is 11.8. The van der Waals surface area contributed by atoms with Crippen molar-refractivity contribution in [1.82, 2.24) is 0 Å². The lowest BCUT2D eigenvalue weighted by molar-refractivity contribution is -0.121. The van der Waals surface area contributed by atoms with Gasteiger partial charge < -0.3 is 15.4 Å². The van der Waals surface area contributed by atoms with Gasteiger partial charge in [0.25, 0.3) is 0 Å². The van der Waals surface area contributed by atoms with Crippen LogP contribution in [-0.2, 0) is 4.79 Å². The van der Waals surface area contributed by atoms with E-state index in [0.29, 0.717) is 12.3 Å². The maximum Gasteiger partial charge on any atom is 0.230 e. The number of carbonyl (C=O) groups is 1. The lowest BCUT2D eigenvalue weighted by Crippen LogP contribution is -2.35. The lowest BCUT2D eigenvalue weighted by Gasteiger charge is -2.23. The molecule has 0 radical (unpaired) electrons. The number of hydrogen-bond acceptors (Lipinski definition) is 3. The third-order valence-electron chi connectivity index (χ3n) is 3.26. The van der Waals surface area contributed by atoms with Gasteiger partial charge in [-0.15, -0.1) is 0 Å². The van der Waals surface area contributed by atoms with E-state index in [-0.39, 0.29) is 11.8 Å². The molecule has 1 rings (SSSR count). The number of nitrogens with two attached hydrogens (primary N) is 1. The van der Waals surface area contributed by atoms with E-state index in [4.69, 9.17) is 10.5 Å². The molecule has 1 aromatic carbocycles. The van der Waals surface area contributed by atoms with Crippen molar-refractivity contribution in [1.29, 1.82) is 0 Å². The molecule has 4 nitrogen and oxygen atoms in total. The minimum atomic E-state index is -0.193. The highest BCUT2D eigenvalue weighted by molar-refractivity contribution is 5.96. The van der Waals surface area contributed by atoms with Crippen LogP contribution in [0, 0.1) is 19.8 Å². The number of methoxy groups -OCH3 is 1. The van der Waals surface area contributed by atoms with Crippen LogP contribution in [0.4, 0.5) is 5.69 Å². The first-order valence-electron chi connectivity index (χ1n) is 6.05. The number of rotatable bonds is 4. The number of carbonyl (C=O) groups excluding carboxylic acids is 1. The van der Waals surface area contributed by atoms with Gasteiger partial charge in [-0.3, -0.25) is 4.79 Å². The van der Waals surface area contributed by atoms with Gasteiger partial charge in [-0.1, -0.05) is 6.92 Å². The van der Waals surface area contributed by atoms with Crippen LogP contribution in [0.2, 0.25) is 0 Å². The predicted molar refractivity (Wildman–Crippen MR) is 74.1 cm³/mol. The second-order valence-corrected chi connectivity index (χ2v) is 4.64. The molecule has 0 aliphatic carbocycles. The Morgan fingerprint density at radius 1 is 1.39 bits per heavy atom. The van der Waals surface area contributed by atoms with Gasteiger partial charge in [0.2, 0.25) is 5.91 Å². The number of aryl methyl sites for hydroxylation is 2. The zero-order valence-electron chi connectivity index (χ0n) is 11.8. The van der Waals surface area contributed by atoms with Crippen LogP contribution in [-0.4, -0.2) is 26.6 Å². The monoisotopic (exact) mass is 250 g/mol. The maximum absolute atomic E-state index is 12.1.